The first-order chi connectivity index (χ1) is 16.0. The Kier molecular flexibility index (Phi) is 11.7. The molecule has 8 heteroatoms. The number of hydrogen-bond acceptors (Lipinski definition) is 5. The summed E-state index contributed by atoms with van der Waals surface area (Å²) in [5.74, 6) is 0.780. The van der Waals surface area contributed by atoms with Gasteiger partial charge in [0.25, 0.3) is 0 Å². The molecule has 0 radical (unpaired) electrons. The van der Waals surface area contributed by atoms with Crippen molar-refractivity contribution >= 4 is 34.6 Å². The van der Waals surface area contributed by atoms with Crippen LogP contribution >= 0.6 is 11.6 Å². The average Bonchev–Trinajstić information content (AvgIpc) is 2.80. The van der Waals surface area contributed by atoms with Gasteiger partial charge in [-0.15, -0.1) is 0 Å². The molecule has 0 aliphatic carbocycles. The van der Waals surface area contributed by atoms with Crippen molar-refractivity contribution in [3.63, 3.8) is 0 Å². The number of benzene rings is 2. The maximum absolute atomic E-state index is 12.4. The highest BCUT2D eigenvalue weighted by atomic mass is 35.5. The van der Waals surface area contributed by atoms with Crippen molar-refractivity contribution in [2.75, 3.05) is 20.2 Å². The van der Waals surface area contributed by atoms with Crippen molar-refractivity contribution in [1.29, 1.82) is 0 Å². The third-order valence-electron chi connectivity index (χ3n) is 5.19. The first-order valence-electron chi connectivity index (χ1n) is 11.7. The lowest BCUT2D eigenvalue weighted by Crippen LogP contribution is -2.28. The standard InChI is InChI=1S/C25H35ClN2O5/c1-4-6-8-10-14-27-24(29)32-21-17-22(31-3)23(19-13-12-18(26)16-20(19)21)33-25(30)28-15-11-9-7-5-2/h12-13,16-17H,4-11,14-15H2,1-3H3,(H,27,29)(H,28,30). The summed E-state index contributed by atoms with van der Waals surface area (Å²) in [6.45, 7) is 5.34. The molecule has 0 spiro atoms. The lowest BCUT2D eigenvalue weighted by molar-refractivity contribution is 0.197. The van der Waals surface area contributed by atoms with Gasteiger partial charge >= 0.3 is 12.2 Å². The van der Waals surface area contributed by atoms with Crippen molar-refractivity contribution in [3.8, 4) is 17.2 Å². The highest BCUT2D eigenvalue weighted by Gasteiger charge is 2.20. The molecule has 0 aliphatic rings. The van der Waals surface area contributed by atoms with Crippen LogP contribution in [0.25, 0.3) is 10.8 Å². The maximum atomic E-state index is 12.4. The lowest BCUT2D eigenvalue weighted by Gasteiger charge is -2.16. The Bertz CT molecular complexity index is 919. The molecule has 0 atom stereocenters. The molecule has 0 saturated carbocycles. The van der Waals surface area contributed by atoms with Gasteiger partial charge in [0.1, 0.15) is 5.75 Å². The summed E-state index contributed by atoms with van der Waals surface area (Å²) >= 11 is 6.19. The molecule has 2 N–H and O–H groups in total. The molecule has 2 rings (SSSR count). The molecule has 0 aromatic heterocycles. The summed E-state index contributed by atoms with van der Waals surface area (Å²) in [6, 6.07) is 6.57. The fourth-order valence-corrected chi connectivity index (χ4v) is 3.58. The monoisotopic (exact) mass is 478 g/mol. The van der Waals surface area contributed by atoms with Crippen LogP contribution in [-0.2, 0) is 0 Å². The third-order valence-corrected chi connectivity index (χ3v) is 5.43. The summed E-state index contributed by atoms with van der Waals surface area (Å²) in [7, 11) is 1.46. The Hall–Kier alpha value is -2.67. The molecule has 0 aliphatic heterocycles. The Balaban J connectivity index is 2.17. The fraction of sp³-hybridized carbons (Fsp3) is 0.520. The number of fused-ring (bicyclic) bond motifs is 1. The second-order valence-electron chi connectivity index (χ2n) is 7.85. The van der Waals surface area contributed by atoms with Crippen LogP contribution in [-0.4, -0.2) is 32.4 Å². The minimum atomic E-state index is -0.570. The van der Waals surface area contributed by atoms with E-state index in [1.807, 2.05) is 0 Å². The second kappa shape index (κ2) is 14.5. The highest BCUT2D eigenvalue weighted by Crippen LogP contribution is 2.42. The largest absolute Gasteiger partial charge is 0.493 e. The van der Waals surface area contributed by atoms with E-state index < -0.39 is 12.2 Å². The van der Waals surface area contributed by atoms with E-state index in [1.54, 1.807) is 18.2 Å². The average molecular weight is 479 g/mol. The molecule has 7 nitrogen and oxygen atoms in total. The van der Waals surface area contributed by atoms with E-state index in [9.17, 15) is 9.59 Å². The van der Waals surface area contributed by atoms with Crippen LogP contribution in [0.4, 0.5) is 9.59 Å². The van der Waals surface area contributed by atoms with Crippen LogP contribution in [0.2, 0.25) is 5.02 Å². The minimum Gasteiger partial charge on any atom is -0.493 e. The van der Waals surface area contributed by atoms with Gasteiger partial charge in [0.2, 0.25) is 0 Å². The number of unbranched alkanes of at least 4 members (excludes halogenated alkanes) is 6. The van der Waals surface area contributed by atoms with Crippen molar-refractivity contribution < 1.29 is 23.8 Å². The van der Waals surface area contributed by atoms with Crippen molar-refractivity contribution in [2.45, 2.75) is 65.2 Å². The summed E-state index contributed by atoms with van der Waals surface area (Å²) in [5, 5.41) is 7.07. The number of ether oxygens (including phenoxy) is 3. The van der Waals surface area contributed by atoms with Gasteiger partial charge in [-0.1, -0.05) is 64.0 Å². The number of hydrogen-bond donors (Lipinski definition) is 2. The van der Waals surface area contributed by atoms with E-state index in [4.69, 9.17) is 25.8 Å². The Morgan fingerprint density at radius 2 is 1.39 bits per heavy atom. The van der Waals surface area contributed by atoms with Gasteiger partial charge in [-0.2, -0.15) is 0 Å². The van der Waals surface area contributed by atoms with Gasteiger partial charge < -0.3 is 24.8 Å². The number of amides is 2. The smallest absolute Gasteiger partial charge is 0.412 e. The summed E-state index contributed by atoms with van der Waals surface area (Å²) < 4.78 is 16.6. The van der Waals surface area contributed by atoms with Crippen molar-refractivity contribution in [3.05, 3.63) is 29.3 Å². The zero-order valence-electron chi connectivity index (χ0n) is 19.8. The van der Waals surface area contributed by atoms with Gasteiger partial charge in [0.05, 0.1) is 7.11 Å². The molecule has 2 amide bonds. The van der Waals surface area contributed by atoms with E-state index in [0.717, 1.165) is 51.4 Å². The Morgan fingerprint density at radius 1 is 0.788 bits per heavy atom. The molecule has 0 heterocycles. The van der Waals surface area contributed by atoms with Crippen molar-refractivity contribution in [1.82, 2.24) is 10.6 Å². The number of rotatable bonds is 13. The number of nitrogens with one attached hydrogen (secondary N) is 2. The predicted octanol–water partition coefficient (Wildman–Crippen LogP) is 6.84. The molecule has 0 unspecified atom stereocenters. The summed E-state index contributed by atoms with van der Waals surface area (Å²) in [6.07, 6.45) is 7.26. The SMILES string of the molecule is CCCCCCNC(=O)Oc1cc(OC)c(OC(=O)NCCCCCC)c2ccc(Cl)cc12. The van der Waals surface area contributed by atoms with Crippen molar-refractivity contribution in [2.24, 2.45) is 0 Å². The molecule has 0 saturated heterocycles. The number of carbonyl (C=O) groups excluding carboxylic acids is 2. The lowest BCUT2D eigenvalue weighted by atomic mass is 10.1. The minimum absolute atomic E-state index is 0.238. The molecule has 0 fully saturated rings. The topological polar surface area (TPSA) is 85.9 Å². The van der Waals surface area contributed by atoms with Crippen LogP contribution in [0.5, 0.6) is 17.2 Å². The molecular weight excluding hydrogens is 444 g/mol. The van der Waals surface area contributed by atoms with Gasteiger partial charge in [-0.25, -0.2) is 9.59 Å². The van der Waals surface area contributed by atoms with Crippen LogP contribution in [0.3, 0.4) is 0 Å². The zero-order valence-corrected chi connectivity index (χ0v) is 20.6. The Labute approximate surface area is 201 Å². The molecule has 0 bridgehead atoms. The van der Waals surface area contributed by atoms with Crippen LogP contribution in [0.1, 0.15) is 65.2 Å². The van der Waals surface area contributed by atoms with Gasteiger partial charge in [-0.05, 0) is 31.0 Å². The summed E-state index contributed by atoms with van der Waals surface area (Å²) in [5.41, 5.74) is 0. The van der Waals surface area contributed by atoms with E-state index in [0.29, 0.717) is 28.9 Å². The molecular formula is C25H35ClN2O5. The maximum Gasteiger partial charge on any atom is 0.412 e. The molecule has 33 heavy (non-hydrogen) atoms. The fourth-order valence-electron chi connectivity index (χ4n) is 3.40. The van der Waals surface area contributed by atoms with Crippen LogP contribution < -0.4 is 24.8 Å². The molecule has 182 valence electrons. The first kappa shape index (κ1) is 26.6. The van der Waals surface area contributed by atoms with E-state index in [2.05, 4.69) is 24.5 Å². The second-order valence-corrected chi connectivity index (χ2v) is 8.29. The van der Waals surface area contributed by atoms with Gasteiger partial charge in [-0.3, -0.25) is 0 Å². The normalized spacial score (nSPS) is 10.7. The van der Waals surface area contributed by atoms with Crippen LogP contribution in [0.15, 0.2) is 24.3 Å². The number of methoxy groups -OCH3 is 1. The van der Waals surface area contributed by atoms with Gasteiger partial charge in [0, 0.05) is 35.0 Å². The zero-order chi connectivity index (χ0) is 24.1. The third kappa shape index (κ3) is 8.65. The first-order valence-corrected chi connectivity index (χ1v) is 12.1. The highest BCUT2D eigenvalue weighted by molar-refractivity contribution is 6.31. The van der Waals surface area contributed by atoms with Gasteiger partial charge in [0.15, 0.2) is 11.5 Å². The van der Waals surface area contributed by atoms with E-state index >= 15 is 0 Å². The quantitative estimate of drug-likeness (QED) is 0.308. The number of carbonyl (C=O) groups is 2. The van der Waals surface area contributed by atoms with E-state index in [1.165, 1.54) is 13.2 Å². The molecule has 2 aromatic carbocycles. The van der Waals surface area contributed by atoms with E-state index in [-0.39, 0.29) is 17.2 Å². The number of halogens is 1. The summed E-state index contributed by atoms with van der Waals surface area (Å²) in [4.78, 5) is 24.7. The Morgan fingerprint density at radius 3 is 1.97 bits per heavy atom. The predicted molar refractivity (Wildman–Crippen MR) is 132 cm³/mol. The molecule has 2 aromatic rings. The van der Waals surface area contributed by atoms with Crippen LogP contribution in [0, 0.1) is 0 Å².